The number of fused-ring (bicyclic) bond motifs is 1. The normalized spacial score (nSPS) is 14.6. The molecule has 2 N–H and O–H groups in total. The number of ether oxygens (including phenoxy) is 3. The summed E-state index contributed by atoms with van der Waals surface area (Å²) in [7, 11) is 0. The molecule has 0 radical (unpaired) electrons. The van der Waals surface area contributed by atoms with Gasteiger partial charge in [-0.3, -0.25) is 0 Å². The van der Waals surface area contributed by atoms with E-state index in [-0.39, 0.29) is 23.8 Å². The second-order valence-corrected chi connectivity index (χ2v) is 8.68. The maximum atomic E-state index is 12.3. The van der Waals surface area contributed by atoms with Crippen molar-refractivity contribution in [1.29, 1.82) is 5.26 Å². The van der Waals surface area contributed by atoms with Crippen molar-refractivity contribution in [2.45, 2.75) is 12.8 Å². The average molecular weight is 516 g/mol. The van der Waals surface area contributed by atoms with E-state index in [9.17, 15) is 10.1 Å². The molecule has 0 saturated heterocycles. The number of rotatable bonds is 5. The van der Waals surface area contributed by atoms with Crippen LogP contribution in [0.5, 0.6) is 17.2 Å². The minimum atomic E-state index is -0.643. The number of hydrogen-bond acceptors (Lipinski definition) is 6. The molecule has 3 aromatic carbocycles. The van der Waals surface area contributed by atoms with Gasteiger partial charge in [-0.25, -0.2) is 4.79 Å². The van der Waals surface area contributed by atoms with E-state index >= 15 is 0 Å². The molecule has 0 aromatic heterocycles. The van der Waals surface area contributed by atoms with Crippen LogP contribution in [-0.4, -0.2) is 12.6 Å². The zero-order valence-electron chi connectivity index (χ0n) is 17.8. The van der Waals surface area contributed by atoms with Crippen LogP contribution in [0.3, 0.4) is 0 Å². The van der Waals surface area contributed by atoms with Crippen molar-refractivity contribution in [3.63, 3.8) is 0 Å². The van der Waals surface area contributed by atoms with Gasteiger partial charge in [-0.2, -0.15) is 5.26 Å². The highest BCUT2D eigenvalue weighted by molar-refractivity contribution is 6.36. The summed E-state index contributed by atoms with van der Waals surface area (Å²) in [5.74, 6) is -0.278. The van der Waals surface area contributed by atoms with Gasteiger partial charge in [0.25, 0.3) is 0 Å². The van der Waals surface area contributed by atoms with Crippen molar-refractivity contribution in [3.05, 3.63) is 97.8 Å². The van der Waals surface area contributed by atoms with E-state index in [0.29, 0.717) is 37.7 Å². The molecule has 0 fully saturated rings. The molecule has 0 amide bonds. The Morgan fingerprint density at radius 3 is 2.53 bits per heavy atom. The summed E-state index contributed by atoms with van der Waals surface area (Å²) in [6.07, 6.45) is 0. The lowest BCUT2D eigenvalue weighted by Gasteiger charge is -2.27. The Kier molecular flexibility index (Phi) is 6.90. The van der Waals surface area contributed by atoms with E-state index in [4.69, 9.17) is 54.7 Å². The Bertz CT molecular complexity index is 1340. The van der Waals surface area contributed by atoms with Crippen LogP contribution in [0.2, 0.25) is 15.1 Å². The fraction of sp³-hybridized carbons (Fsp3) is 0.120. The molecular formula is C25H17Cl3N2O4. The third-order valence-electron chi connectivity index (χ3n) is 5.19. The summed E-state index contributed by atoms with van der Waals surface area (Å²) < 4.78 is 16.6. The first-order valence-corrected chi connectivity index (χ1v) is 11.2. The molecule has 0 spiro atoms. The second kappa shape index (κ2) is 9.86. The molecule has 1 aliphatic heterocycles. The van der Waals surface area contributed by atoms with Crippen LogP contribution in [-0.2, 0) is 4.79 Å². The van der Waals surface area contributed by atoms with E-state index in [1.165, 1.54) is 6.07 Å². The Morgan fingerprint density at radius 1 is 1.12 bits per heavy atom. The van der Waals surface area contributed by atoms with Crippen molar-refractivity contribution in [3.8, 4) is 23.3 Å². The van der Waals surface area contributed by atoms with Gasteiger partial charge in [0.15, 0.2) is 6.61 Å². The molecule has 1 unspecified atom stereocenters. The molecule has 1 heterocycles. The van der Waals surface area contributed by atoms with Crippen LogP contribution in [0.15, 0.2) is 66.1 Å². The Balaban J connectivity index is 1.58. The van der Waals surface area contributed by atoms with Crippen LogP contribution in [0, 0.1) is 18.3 Å². The Morgan fingerprint density at radius 2 is 1.85 bits per heavy atom. The van der Waals surface area contributed by atoms with Crippen LogP contribution in [0.4, 0.5) is 0 Å². The van der Waals surface area contributed by atoms with Gasteiger partial charge in [0.1, 0.15) is 28.9 Å². The standard InChI is InChI=1S/C25H17Cl3N2O4/c1-13-9-14(26)5-8-20(13)32-12-22(31)33-15-6-7-16-21(10-15)34-25(30)17(11-29)23(16)24-18(27)3-2-4-19(24)28/h2-10,23H,12,30H2,1H3. The summed E-state index contributed by atoms with van der Waals surface area (Å²) >= 11 is 18.8. The molecule has 1 aliphatic rings. The molecule has 4 rings (SSSR count). The van der Waals surface area contributed by atoms with Crippen LogP contribution < -0.4 is 19.9 Å². The van der Waals surface area contributed by atoms with Crippen LogP contribution >= 0.6 is 34.8 Å². The minimum absolute atomic E-state index is 0.0824. The van der Waals surface area contributed by atoms with Gasteiger partial charge >= 0.3 is 5.97 Å². The Labute approximate surface area is 211 Å². The summed E-state index contributed by atoms with van der Waals surface area (Å²) in [4.78, 5) is 12.3. The van der Waals surface area contributed by atoms with Gasteiger partial charge in [0.05, 0.1) is 5.92 Å². The highest BCUT2D eigenvalue weighted by Gasteiger charge is 2.33. The molecule has 9 heteroatoms. The SMILES string of the molecule is Cc1cc(Cl)ccc1OCC(=O)Oc1ccc2c(c1)OC(N)=C(C#N)C2c1c(Cl)cccc1Cl. The average Bonchev–Trinajstić information content (AvgIpc) is 2.78. The zero-order chi connectivity index (χ0) is 24.4. The molecule has 0 saturated carbocycles. The van der Waals surface area contributed by atoms with Gasteiger partial charge in [0.2, 0.25) is 5.88 Å². The van der Waals surface area contributed by atoms with Gasteiger partial charge < -0.3 is 19.9 Å². The Hall–Kier alpha value is -3.37. The van der Waals surface area contributed by atoms with E-state index in [1.54, 1.807) is 48.5 Å². The predicted octanol–water partition coefficient (Wildman–Crippen LogP) is 6.16. The topological polar surface area (TPSA) is 94.6 Å². The van der Waals surface area contributed by atoms with E-state index < -0.39 is 11.9 Å². The van der Waals surface area contributed by atoms with E-state index in [2.05, 4.69) is 6.07 Å². The number of halogens is 3. The molecule has 3 aromatic rings. The van der Waals surface area contributed by atoms with Gasteiger partial charge in [-0.1, -0.05) is 46.9 Å². The van der Waals surface area contributed by atoms with Crippen LogP contribution in [0.25, 0.3) is 0 Å². The number of benzene rings is 3. The first-order valence-electron chi connectivity index (χ1n) is 10.0. The summed E-state index contributed by atoms with van der Waals surface area (Å²) in [6, 6.07) is 17.0. The quantitative estimate of drug-likeness (QED) is 0.323. The number of nitrogens with zero attached hydrogens (tertiary/aromatic N) is 1. The second-order valence-electron chi connectivity index (χ2n) is 7.43. The molecule has 34 heavy (non-hydrogen) atoms. The number of hydrogen-bond donors (Lipinski definition) is 1. The zero-order valence-corrected chi connectivity index (χ0v) is 20.0. The first-order chi connectivity index (χ1) is 16.3. The molecule has 0 bridgehead atoms. The van der Waals surface area contributed by atoms with Crippen molar-refractivity contribution >= 4 is 40.8 Å². The first kappa shape index (κ1) is 23.8. The molecule has 0 aliphatic carbocycles. The number of allylic oxidation sites excluding steroid dienone is 1. The minimum Gasteiger partial charge on any atom is -0.482 e. The number of nitrogens with two attached hydrogens (primary N) is 1. The van der Waals surface area contributed by atoms with Gasteiger partial charge in [-0.15, -0.1) is 0 Å². The maximum absolute atomic E-state index is 12.3. The smallest absolute Gasteiger partial charge is 0.349 e. The molecule has 6 nitrogen and oxygen atoms in total. The highest BCUT2D eigenvalue weighted by Crippen LogP contribution is 2.47. The fourth-order valence-corrected chi connectivity index (χ4v) is 4.50. The number of aryl methyl sites for hydroxylation is 1. The summed E-state index contributed by atoms with van der Waals surface area (Å²) in [5.41, 5.74) is 8.14. The van der Waals surface area contributed by atoms with E-state index in [1.807, 2.05) is 6.92 Å². The molecular weight excluding hydrogens is 499 g/mol. The summed E-state index contributed by atoms with van der Waals surface area (Å²) in [6.45, 7) is 1.52. The number of carbonyl (C=O) groups is 1. The number of esters is 1. The van der Waals surface area contributed by atoms with Crippen molar-refractivity contribution in [2.75, 3.05) is 6.61 Å². The van der Waals surface area contributed by atoms with Gasteiger partial charge in [-0.05, 0) is 48.9 Å². The lowest BCUT2D eigenvalue weighted by atomic mass is 9.83. The predicted molar refractivity (Wildman–Crippen MR) is 130 cm³/mol. The third-order valence-corrected chi connectivity index (χ3v) is 6.09. The maximum Gasteiger partial charge on any atom is 0.349 e. The van der Waals surface area contributed by atoms with Crippen LogP contribution in [0.1, 0.15) is 22.6 Å². The van der Waals surface area contributed by atoms with E-state index in [0.717, 1.165) is 5.56 Å². The monoisotopic (exact) mass is 514 g/mol. The van der Waals surface area contributed by atoms with Crippen molar-refractivity contribution < 1.29 is 19.0 Å². The lowest BCUT2D eigenvalue weighted by Crippen LogP contribution is -2.22. The summed E-state index contributed by atoms with van der Waals surface area (Å²) in [5, 5.41) is 11.1. The highest BCUT2D eigenvalue weighted by atomic mass is 35.5. The number of nitriles is 1. The fourth-order valence-electron chi connectivity index (χ4n) is 3.65. The van der Waals surface area contributed by atoms with Gasteiger partial charge in [0, 0.05) is 32.3 Å². The van der Waals surface area contributed by atoms with Crippen molar-refractivity contribution in [2.24, 2.45) is 5.73 Å². The lowest BCUT2D eigenvalue weighted by molar-refractivity contribution is -0.136. The molecule has 172 valence electrons. The number of carbonyl (C=O) groups excluding carboxylic acids is 1. The largest absolute Gasteiger partial charge is 0.482 e. The third kappa shape index (κ3) is 4.78. The molecule has 1 atom stereocenters. The van der Waals surface area contributed by atoms with Crippen molar-refractivity contribution in [1.82, 2.24) is 0 Å².